The number of nitrogens with two attached hydrogens (primary N) is 1. The fraction of sp³-hybridized carbons (Fsp3) is 0.692. The Morgan fingerprint density at radius 1 is 1.19 bits per heavy atom. The highest BCUT2D eigenvalue weighted by Crippen LogP contribution is 2.60. The second-order valence-corrected chi connectivity index (χ2v) is 11.7. The van der Waals surface area contributed by atoms with Crippen molar-refractivity contribution in [3.8, 4) is 0 Å². The van der Waals surface area contributed by atoms with Gasteiger partial charge >= 0.3 is 6.09 Å². The third-order valence-electron chi connectivity index (χ3n) is 8.66. The molecule has 2 unspecified atom stereocenters. The lowest BCUT2D eigenvalue weighted by atomic mass is 9.47. The number of ether oxygens (including phenoxy) is 2. The number of alkyl carbamates (subject to hydrolysis) is 1. The summed E-state index contributed by atoms with van der Waals surface area (Å²) in [5.41, 5.74) is 5.26. The van der Waals surface area contributed by atoms with E-state index in [9.17, 15) is 14.4 Å². The first-order valence-corrected chi connectivity index (χ1v) is 13.2. The standard InChI is InChI=1S/C26H38N6O5/c1-25(2,30-24(35)36-3)4-5-32-22(31-6-8-37-9-7-31)19(15-28-32)21(33)29-20-17-10-16-11-18(20)14-26(12-16,13-17)23(27)34/h4-5,15-18,20H,6-14H2,1-3H3,(H2,27,34)(H,29,33)(H,30,35)/b5-4+/t16?,17?,18?,20-,26-. The third-order valence-corrected chi connectivity index (χ3v) is 8.66. The molecule has 1 aromatic rings. The van der Waals surface area contributed by atoms with Gasteiger partial charge in [-0.25, -0.2) is 9.48 Å². The van der Waals surface area contributed by atoms with Crippen molar-refractivity contribution in [2.45, 2.75) is 57.5 Å². The zero-order chi connectivity index (χ0) is 26.4. The Morgan fingerprint density at radius 3 is 2.49 bits per heavy atom. The Bertz CT molecular complexity index is 1080. The Balaban J connectivity index is 1.38. The molecule has 5 fully saturated rings. The SMILES string of the molecule is COC(=O)NC(C)(C)/C=C/n1ncc(C(=O)N[C@H]2C3CC4CC2C[C@](C(N)=O)(C4)C3)c1N1CCOCC1. The second-order valence-electron chi connectivity index (χ2n) is 11.7. The molecule has 4 aliphatic carbocycles. The number of nitrogens with zero attached hydrogens (tertiary/aromatic N) is 3. The van der Waals surface area contributed by atoms with Crippen molar-refractivity contribution in [2.75, 3.05) is 38.3 Å². The monoisotopic (exact) mass is 514 g/mol. The average Bonchev–Trinajstić information content (AvgIpc) is 3.29. The molecule has 11 nitrogen and oxygen atoms in total. The second kappa shape index (κ2) is 9.66. The topological polar surface area (TPSA) is 141 Å². The van der Waals surface area contributed by atoms with E-state index in [1.165, 1.54) is 7.11 Å². The van der Waals surface area contributed by atoms with Crippen LogP contribution in [-0.2, 0) is 14.3 Å². The van der Waals surface area contributed by atoms with Crippen molar-refractivity contribution in [1.82, 2.24) is 20.4 Å². The van der Waals surface area contributed by atoms with Crippen LogP contribution in [0.15, 0.2) is 12.3 Å². The first kappa shape index (κ1) is 25.6. The molecule has 4 N–H and O–H groups in total. The van der Waals surface area contributed by atoms with E-state index in [4.69, 9.17) is 15.2 Å². The first-order valence-electron chi connectivity index (χ1n) is 13.2. The summed E-state index contributed by atoms with van der Waals surface area (Å²) in [5, 5.41) is 10.6. The first-order chi connectivity index (χ1) is 17.6. The summed E-state index contributed by atoms with van der Waals surface area (Å²) in [6.07, 6.45) is 9.15. The molecule has 4 saturated carbocycles. The van der Waals surface area contributed by atoms with Gasteiger partial charge in [0.15, 0.2) is 0 Å². The van der Waals surface area contributed by atoms with Crippen LogP contribution in [0.1, 0.15) is 56.3 Å². The van der Waals surface area contributed by atoms with Crippen LogP contribution in [0, 0.1) is 23.2 Å². The van der Waals surface area contributed by atoms with Gasteiger partial charge < -0.3 is 30.7 Å². The molecule has 0 spiro atoms. The van der Waals surface area contributed by atoms with Gasteiger partial charge in [0.2, 0.25) is 5.91 Å². The normalized spacial score (nSPS) is 30.9. The summed E-state index contributed by atoms with van der Waals surface area (Å²) in [5.74, 6) is 1.44. The van der Waals surface area contributed by atoms with Crippen LogP contribution in [0.2, 0.25) is 0 Å². The molecule has 2 heterocycles. The molecule has 1 aliphatic heterocycles. The van der Waals surface area contributed by atoms with Gasteiger partial charge in [-0.3, -0.25) is 9.59 Å². The summed E-state index contributed by atoms with van der Waals surface area (Å²) in [6, 6.07) is 0.0381. The quantitative estimate of drug-likeness (QED) is 0.503. The Hall–Kier alpha value is -3.08. The third kappa shape index (κ3) is 4.93. The van der Waals surface area contributed by atoms with Crippen molar-refractivity contribution < 1.29 is 23.9 Å². The zero-order valence-electron chi connectivity index (χ0n) is 21.9. The van der Waals surface area contributed by atoms with Gasteiger partial charge in [-0.15, -0.1) is 0 Å². The maximum atomic E-state index is 13.7. The lowest BCUT2D eigenvalue weighted by Gasteiger charge is -2.58. The lowest BCUT2D eigenvalue weighted by molar-refractivity contribution is -0.145. The number of primary amides is 1. The smallest absolute Gasteiger partial charge is 0.407 e. The van der Waals surface area contributed by atoms with E-state index in [0.717, 1.165) is 32.1 Å². The van der Waals surface area contributed by atoms with Gasteiger partial charge in [0.25, 0.3) is 5.91 Å². The van der Waals surface area contributed by atoms with Crippen LogP contribution < -0.4 is 21.3 Å². The van der Waals surface area contributed by atoms with Crippen LogP contribution in [-0.4, -0.2) is 72.7 Å². The molecule has 11 heteroatoms. The fourth-order valence-electron chi connectivity index (χ4n) is 7.12. The van der Waals surface area contributed by atoms with E-state index in [-0.39, 0.29) is 29.7 Å². The molecule has 0 aromatic carbocycles. The molecule has 1 saturated heterocycles. The average molecular weight is 515 g/mol. The molecule has 3 amide bonds. The van der Waals surface area contributed by atoms with Crippen molar-refractivity contribution in [3.05, 3.63) is 17.8 Å². The number of amides is 3. The molecule has 0 radical (unpaired) electrons. The lowest BCUT2D eigenvalue weighted by Crippen LogP contribution is -2.62. The molecule has 202 valence electrons. The van der Waals surface area contributed by atoms with E-state index in [2.05, 4.69) is 20.6 Å². The van der Waals surface area contributed by atoms with Gasteiger partial charge in [-0.1, -0.05) is 0 Å². The highest BCUT2D eigenvalue weighted by molar-refractivity contribution is 5.99. The number of methoxy groups -OCH3 is 1. The minimum Gasteiger partial charge on any atom is -0.453 e. The largest absolute Gasteiger partial charge is 0.453 e. The van der Waals surface area contributed by atoms with Gasteiger partial charge in [0.1, 0.15) is 11.4 Å². The van der Waals surface area contributed by atoms with E-state index in [1.54, 1.807) is 17.1 Å². The highest BCUT2D eigenvalue weighted by atomic mass is 16.5. The maximum Gasteiger partial charge on any atom is 0.407 e. The summed E-state index contributed by atoms with van der Waals surface area (Å²) >= 11 is 0. The van der Waals surface area contributed by atoms with Crippen LogP contribution in [0.3, 0.4) is 0 Å². The minimum absolute atomic E-state index is 0.0381. The Labute approximate surface area is 217 Å². The summed E-state index contributed by atoms with van der Waals surface area (Å²) in [7, 11) is 1.32. The van der Waals surface area contributed by atoms with E-state index < -0.39 is 17.0 Å². The molecular formula is C26H38N6O5. The maximum absolute atomic E-state index is 13.7. The van der Waals surface area contributed by atoms with Crippen LogP contribution in [0.25, 0.3) is 6.20 Å². The van der Waals surface area contributed by atoms with Gasteiger partial charge in [-0.05, 0) is 69.8 Å². The van der Waals surface area contributed by atoms with Gasteiger partial charge in [0.05, 0.1) is 32.1 Å². The Kier molecular flexibility index (Phi) is 6.68. The van der Waals surface area contributed by atoms with Gasteiger partial charge in [-0.2, -0.15) is 5.10 Å². The summed E-state index contributed by atoms with van der Waals surface area (Å²) in [6.45, 7) is 6.10. The molecule has 2 atom stereocenters. The van der Waals surface area contributed by atoms with Crippen molar-refractivity contribution >= 4 is 29.9 Å². The van der Waals surface area contributed by atoms with Crippen LogP contribution in [0.4, 0.5) is 10.6 Å². The number of nitrogens with one attached hydrogen (secondary N) is 2. The minimum atomic E-state index is -0.694. The van der Waals surface area contributed by atoms with Crippen LogP contribution in [0.5, 0.6) is 0 Å². The van der Waals surface area contributed by atoms with E-state index in [0.29, 0.717) is 43.6 Å². The number of carbonyl (C=O) groups is 3. The number of hydrogen-bond donors (Lipinski definition) is 3. The molecule has 37 heavy (non-hydrogen) atoms. The highest BCUT2D eigenvalue weighted by Gasteiger charge is 2.58. The molecule has 5 aliphatic rings. The number of hydrogen-bond acceptors (Lipinski definition) is 7. The number of carbonyl (C=O) groups excluding carboxylic acids is 3. The predicted octanol–water partition coefficient (Wildman–Crippen LogP) is 1.74. The van der Waals surface area contributed by atoms with Crippen molar-refractivity contribution in [3.63, 3.8) is 0 Å². The van der Waals surface area contributed by atoms with Crippen LogP contribution >= 0.6 is 0 Å². The Morgan fingerprint density at radius 2 is 1.86 bits per heavy atom. The van der Waals surface area contributed by atoms with Gasteiger partial charge in [0, 0.05) is 30.7 Å². The van der Waals surface area contributed by atoms with E-state index in [1.807, 2.05) is 19.9 Å². The molecule has 4 bridgehead atoms. The summed E-state index contributed by atoms with van der Waals surface area (Å²) in [4.78, 5) is 39.8. The fourth-order valence-corrected chi connectivity index (χ4v) is 7.12. The number of aromatic nitrogens is 2. The molecule has 6 rings (SSSR count). The zero-order valence-corrected chi connectivity index (χ0v) is 21.9. The predicted molar refractivity (Wildman–Crippen MR) is 137 cm³/mol. The number of morpholine rings is 1. The molecule has 1 aromatic heterocycles. The van der Waals surface area contributed by atoms with Crippen molar-refractivity contribution in [2.24, 2.45) is 28.9 Å². The number of rotatable bonds is 7. The van der Waals surface area contributed by atoms with Crippen molar-refractivity contribution in [1.29, 1.82) is 0 Å². The summed E-state index contributed by atoms with van der Waals surface area (Å²) < 4.78 is 11.9. The van der Waals surface area contributed by atoms with E-state index >= 15 is 0 Å². The molecular weight excluding hydrogens is 476 g/mol. The number of anilines is 1.